The zero-order chi connectivity index (χ0) is 9.68. The van der Waals surface area contributed by atoms with E-state index >= 15 is 0 Å². The molecule has 0 aliphatic rings. The Balaban J connectivity index is 2.99. The van der Waals surface area contributed by atoms with E-state index in [4.69, 9.17) is 0 Å². The molecule has 0 aliphatic carbocycles. The quantitative estimate of drug-likeness (QED) is 0.664. The summed E-state index contributed by atoms with van der Waals surface area (Å²) in [6.45, 7) is 7.86. The zero-order valence-electron chi connectivity index (χ0n) is 7.95. The summed E-state index contributed by atoms with van der Waals surface area (Å²) < 4.78 is 0. The summed E-state index contributed by atoms with van der Waals surface area (Å²) in [4.78, 5) is 4.23. The number of nitrogens with zero attached hydrogens (tertiary/aromatic N) is 1. The van der Waals surface area contributed by atoms with Gasteiger partial charge in [-0.05, 0) is 19.9 Å². The highest BCUT2D eigenvalue weighted by Crippen LogP contribution is 2.19. The van der Waals surface area contributed by atoms with Crippen LogP contribution in [0.5, 0.6) is 0 Å². The molecule has 68 valence electrons. The van der Waals surface area contributed by atoms with E-state index in [1.165, 1.54) is 5.57 Å². The molecule has 1 aromatic rings. The molecule has 0 saturated heterocycles. The second-order valence-electron chi connectivity index (χ2n) is 2.67. The van der Waals surface area contributed by atoms with Gasteiger partial charge in [0.25, 0.3) is 0 Å². The Bertz CT molecular complexity index is 331. The van der Waals surface area contributed by atoms with Gasteiger partial charge in [0, 0.05) is 17.2 Å². The van der Waals surface area contributed by atoms with Crippen LogP contribution in [-0.2, 0) is 0 Å². The minimum Gasteiger partial charge on any atom is -0.245 e. The minimum atomic E-state index is 1.02. The number of hydrogen-bond acceptors (Lipinski definition) is 2. The molecule has 0 radical (unpaired) electrons. The molecule has 0 bridgehead atoms. The van der Waals surface area contributed by atoms with Crippen molar-refractivity contribution in [1.29, 1.82) is 0 Å². The van der Waals surface area contributed by atoms with Crippen molar-refractivity contribution in [3.05, 3.63) is 47.0 Å². The molecule has 0 N–H and O–H groups in total. The first kappa shape index (κ1) is 9.93. The number of hydrogen-bond donors (Lipinski definition) is 0. The summed E-state index contributed by atoms with van der Waals surface area (Å²) in [7, 11) is 0. The molecule has 2 heteroatoms. The lowest BCUT2D eigenvalue weighted by Crippen LogP contribution is -1.78. The van der Waals surface area contributed by atoms with Crippen molar-refractivity contribution in [1.82, 2.24) is 4.98 Å². The van der Waals surface area contributed by atoms with Crippen LogP contribution in [0.4, 0.5) is 0 Å². The van der Waals surface area contributed by atoms with E-state index in [2.05, 4.69) is 30.6 Å². The second kappa shape index (κ2) is 4.77. The first-order valence-electron chi connectivity index (χ1n) is 4.15. The average Bonchev–Trinajstić information content (AvgIpc) is 2.66. The third kappa shape index (κ3) is 2.67. The molecule has 0 aliphatic heterocycles. The van der Waals surface area contributed by atoms with Crippen molar-refractivity contribution in [2.75, 3.05) is 0 Å². The van der Waals surface area contributed by atoms with Crippen LogP contribution in [0.25, 0.3) is 5.57 Å². The predicted octanol–water partition coefficient (Wildman–Crippen LogP) is 3.68. The Morgan fingerprint density at radius 1 is 1.62 bits per heavy atom. The van der Waals surface area contributed by atoms with E-state index in [1.807, 2.05) is 24.6 Å². The van der Waals surface area contributed by atoms with Gasteiger partial charge in [-0.15, -0.1) is 11.3 Å². The van der Waals surface area contributed by atoms with E-state index < -0.39 is 0 Å². The molecule has 1 heterocycles. The third-order valence-electron chi connectivity index (χ3n) is 1.74. The molecular formula is C11H13NS. The number of rotatable bonds is 3. The summed E-state index contributed by atoms with van der Waals surface area (Å²) in [6.07, 6.45) is 7.80. The van der Waals surface area contributed by atoms with Crippen molar-refractivity contribution >= 4 is 16.9 Å². The Labute approximate surface area is 83.1 Å². The lowest BCUT2D eigenvalue weighted by atomic mass is 10.2. The van der Waals surface area contributed by atoms with Gasteiger partial charge in [0.15, 0.2) is 0 Å². The number of thiazole rings is 1. The maximum absolute atomic E-state index is 4.23. The Morgan fingerprint density at radius 2 is 2.38 bits per heavy atom. The van der Waals surface area contributed by atoms with Gasteiger partial charge in [-0.25, -0.2) is 4.98 Å². The molecule has 0 fully saturated rings. The van der Waals surface area contributed by atoms with Crippen LogP contribution in [0.1, 0.15) is 18.9 Å². The smallest absolute Gasteiger partial charge is 0.123 e. The van der Waals surface area contributed by atoms with Crippen LogP contribution in [-0.4, -0.2) is 4.98 Å². The molecule has 1 aromatic heterocycles. The highest BCUT2D eigenvalue weighted by Gasteiger charge is 1.98. The summed E-state index contributed by atoms with van der Waals surface area (Å²) in [5.41, 5.74) is 2.32. The van der Waals surface area contributed by atoms with Gasteiger partial charge in [0.2, 0.25) is 0 Å². The number of allylic oxidation sites excluding steroid dienone is 5. The maximum Gasteiger partial charge on any atom is 0.123 e. The summed E-state index contributed by atoms with van der Waals surface area (Å²) >= 11 is 1.63. The Morgan fingerprint density at radius 3 is 2.85 bits per heavy atom. The van der Waals surface area contributed by atoms with Crippen LogP contribution in [0.2, 0.25) is 0 Å². The summed E-state index contributed by atoms with van der Waals surface area (Å²) in [6, 6.07) is 0. The van der Waals surface area contributed by atoms with Crippen molar-refractivity contribution in [3.8, 4) is 0 Å². The van der Waals surface area contributed by atoms with Gasteiger partial charge in [0.1, 0.15) is 5.01 Å². The van der Waals surface area contributed by atoms with Crippen molar-refractivity contribution in [2.45, 2.75) is 13.8 Å². The molecule has 0 spiro atoms. The maximum atomic E-state index is 4.23. The van der Waals surface area contributed by atoms with Crippen LogP contribution in [0.3, 0.4) is 0 Å². The summed E-state index contributed by atoms with van der Waals surface area (Å²) in [5.74, 6) is 0. The summed E-state index contributed by atoms with van der Waals surface area (Å²) in [5, 5.41) is 2.99. The minimum absolute atomic E-state index is 1.02. The molecule has 0 atom stereocenters. The van der Waals surface area contributed by atoms with E-state index in [0.29, 0.717) is 0 Å². The molecule has 0 amide bonds. The first-order chi connectivity index (χ1) is 6.27. The van der Waals surface area contributed by atoms with Gasteiger partial charge < -0.3 is 0 Å². The van der Waals surface area contributed by atoms with Crippen molar-refractivity contribution in [2.24, 2.45) is 0 Å². The molecule has 0 saturated carbocycles. The van der Waals surface area contributed by atoms with Gasteiger partial charge in [-0.2, -0.15) is 0 Å². The fraction of sp³-hybridized carbons (Fsp3) is 0.182. The van der Waals surface area contributed by atoms with Crippen LogP contribution in [0.15, 0.2) is 42.0 Å². The highest BCUT2D eigenvalue weighted by molar-refractivity contribution is 7.10. The molecule has 0 unspecified atom stereocenters. The molecule has 0 aromatic carbocycles. The lowest BCUT2D eigenvalue weighted by Gasteiger charge is -1.96. The SMILES string of the molecule is C=C/C(=C\C(C)=C/C)c1nccs1. The topological polar surface area (TPSA) is 12.9 Å². The predicted molar refractivity (Wildman–Crippen MR) is 59.7 cm³/mol. The van der Waals surface area contributed by atoms with Gasteiger partial charge in [0.05, 0.1) is 0 Å². The van der Waals surface area contributed by atoms with Gasteiger partial charge >= 0.3 is 0 Å². The van der Waals surface area contributed by atoms with Gasteiger partial charge in [-0.1, -0.05) is 24.3 Å². The third-order valence-corrected chi connectivity index (χ3v) is 2.56. The van der Waals surface area contributed by atoms with E-state index in [-0.39, 0.29) is 0 Å². The van der Waals surface area contributed by atoms with Gasteiger partial charge in [-0.3, -0.25) is 0 Å². The van der Waals surface area contributed by atoms with Crippen LogP contribution >= 0.6 is 11.3 Å². The molecule has 1 rings (SSSR count). The normalized spacial score (nSPS) is 13.1. The van der Waals surface area contributed by atoms with Crippen molar-refractivity contribution in [3.63, 3.8) is 0 Å². The largest absolute Gasteiger partial charge is 0.245 e. The van der Waals surface area contributed by atoms with E-state index in [9.17, 15) is 0 Å². The molecule has 1 nitrogen and oxygen atoms in total. The zero-order valence-corrected chi connectivity index (χ0v) is 8.77. The Hall–Kier alpha value is -1.15. The fourth-order valence-corrected chi connectivity index (χ4v) is 1.55. The molecular weight excluding hydrogens is 178 g/mol. The fourth-order valence-electron chi connectivity index (χ4n) is 0.903. The monoisotopic (exact) mass is 191 g/mol. The second-order valence-corrected chi connectivity index (χ2v) is 3.57. The number of aromatic nitrogens is 1. The van der Waals surface area contributed by atoms with E-state index in [1.54, 1.807) is 11.3 Å². The Kier molecular flexibility index (Phi) is 3.65. The van der Waals surface area contributed by atoms with E-state index in [0.717, 1.165) is 10.6 Å². The molecule has 13 heavy (non-hydrogen) atoms. The first-order valence-corrected chi connectivity index (χ1v) is 5.02. The lowest BCUT2D eigenvalue weighted by molar-refractivity contribution is 1.37. The van der Waals surface area contributed by atoms with Crippen LogP contribution < -0.4 is 0 Å². The van der Waals surface area contributed by atoms with Crippen molar-refractivity contribution < 1.29 is 0 Å². The average molecular weight is 191 g/mol. The van der Waals surface area contributed by atoms with Crippen LogP contribution in [0, 0.1) is 0 Å². The highest BCUT2D eigenvalue weighted by atomic mass is 32.1. The standard InChI is InChI=1S/C11H13NS/c1-4-9(3)8-10(5-2)11-12-6-7-13-11/h4-8H,2H2,1,3H3/b9-4-,10-8+.